The SMILES string of the molecule is CC(C)c1cc(-c2ccc(F)cc2)nc2cc(C(=O)N3CCN(C(=O)C4(O)CCC4)C[C@@H]3C)oc12. The standard InChI is InChI=1S/C27H30FN3O4/c1-16(2)20-13-21(18-5-7-19(28)8-6-18)29-22-14-23(35-24(20)22)25(32)31-12-11-30(15-17(31)3)26(33)27(34)9-4-10-27/h5-8,13-14,16-17,34H,4,9-12,15H2,1-3H3/t17-/m0/s1. The summed E-state index contributed by atoms with van der Waals surface area (Å²) in [5.74, 6) is -0.462. The van der Waals surface area contributed by atoms with Crippen molar-refractivity contribution in [2.24, 2.45) is 0 Å². The first-order valence-electron chi connectivity index (χ1n) is 12.2. The highest BCUT2D eigenvalue weighted by Crippen LogP contribution is 2.35. The summed E-state index contributed by atoms with van der Waals surface area (Å²) in [4.78, 5) is 34.2. The first-order valence-corrected chi connectivity index (χ1v) is 12.2. The molecule has 2 amide bonds. The number of rotatable bonds is 4. The quantitative estimate of drug-likeness (QED) is 0.601. The van der Waals surface area contributed by atoms with Gasteiger partial charge in [0.05, 0.1) is 5.69 Å². The van der Waals surface area contributed by atoms with Gasteiger partial charge >= 0.3 is 0 Å². The molecule has 0 spiro atoms. The van der Waals surface area contributed by atoms with Gasteiger partial charge in [0.15, 0.2) is 11.3 Å². The van der Waals surface area contributed by atoms with Crippen LogP contribution in [0.5, 0.6) is 0 Å². The van der Waals surface area contributed by atoms with Crippen molar-refractivity contribution >= 4 is 22.9 Å². The minimum Gasteiger partial charge on any atom is -0.449 e. The normalized spacial score (nSPS) is 19.8. The van der Waals surface area contributed by atoms with Crippen LogP contribution >= 0.6 is 0 Å². The minimum absolute atomic E-state index is 0.125. The van der Waals surface area contributed by atoms with Crippen molar-refractivity contribution in [3.05, 3.63) is 53.5 Å². The summed E-state index contributed by atoms with van der Waals surface area (Å²) in [5.41, 5.74) is 2.31. The number of carbonyl (C=O) groups is 2. The smallest absolute Gasteiger partial charge is 0.290 e. The van der Waals surface area contributed by atoms with Crippen molar-refractivity contribution < 1.29 is 23.5 Å². The van der Waals surface area contributed by atoms with E-state index < -0.39 is 5.60 Å². The van der Waals surface area contributed by atoms with Gasteiger partial charge in [0, 0.05) is 42.9 Å². The van der Waals surface area contributed by atoms with Crippen LogP contribution in [0.25, 0.3) is 22.4 Å². The highest BCUT2D eigenvalue weighted by molar-refractivity contribution is 5.97. The second kappa shape index (κ2) is 8.75. The van der Waals surface area contributed by atoms with E-state index in [1.165, 1.54) is 12.1 Å². The van der Waals surface area contributed by atoms with E-state index in [2.05, 4.69) is 0 Å². The molecule has 2 aromatic heterocycles. The third-order valence-electron chi connectivity index (χ3n) is 7.23. The van der Waals surface area contributed by atoms with Crippen molar-refractivity contribution in [1.82, 2.24) is 14.8 Å². The van der Waals surface area contributed by atoms with Gasteiger partial charge in [-0.25, -0.2) is 9.37 Å². The molecule has 1 aliphatic carbocycles. The molecule has 1 aromatic carbocycles. The molecule has 0 radical (unpaired) electrons. The zero-order chi connectivity index (χ0) is 24.9. The Bertz CT molecular complexity index is 1280. The number of piperazine rings is 1. The molecular weight excluding hydrogens is 449 g/mol. The summed E-state index contributed by atoms with van der Waals surface area (Å²) >= 11 is 0. The third-order valence-corrected chi connectivity index (χ3v) is 7.23. The Balaban J connectivity index is 1.40. The molecule has 5 rings (SSSR count). The van der Waals surface area contributed by atoms with E-state index in [9.17, 15) is 19.1 Å². The van der Waals surface area contributed by atoms with Gasteiger partial charge in [-0.2, -0.15) is 0 Å². The lowest BCUT2D eigenvalue weighted by molar-refractivity contribution is -0.162. The number of hydrogen-bond acceptors (Lipinski definition) is 5. The summed E-state index contributed by atoms with van der Waals surface area (Å²) in [6.45, 7) is 7.10. The van der Waals surface area contributed by atoms with Gasteiger partial charge in [-0.05, 0) is 62.4 Å². The van der Waals surface area contributed by atoms with Crippen molar-refractivity contribution in [2.75, 3.05) is 19.6 Å². The Morgan fingerprint density at radius 3 is 2.49 bits per heavy atom. The maximum atomic E-state index is 13.4. The number of pyridine rings is 1. The molecule has 0 bridgehead atoms. The number of aromatic nitrogens is 1. The van der Waals surface area contributed by atoms with E-state index in [0.717, 1.165) is 17.5 Å². The molecule has 1 aliphatic heterocycles. The predicted octanol–water partition coefficient (Wildman–Crippen LogP) is 4.35. The number of aliphatic hydroxyl groups is 1. The number of halogens is 1. The van der Waals surface area contributed by atoms with E-state index in [0.29, 0.717) is 49.3 Å². The molecule has 35 heavy (non-hydrogen) atoms. The van der Waals surface area contributed by atoms with Crippen LogP contribution in [-0.2, 0) is 4.79 Å². The van der Waals surface area contributed by atoms with Gasteiger partial charge in [-0.15, -0.1) is 0 Å². The molecule has 7 nitrogen and oxygen atoms in total. The van der Waals surface area contributed by atoms with Crippen molar-refractivity contribution in [2.45, 2.75) is 57.6 Å². The molecule has 2 fully saturated rings. The molecule has 3 heterocycles. The number of fused-ring (bicyclic) bond motifs is 1. The molecule has 1 saturated heterocycles. The maximum Gasteiger partial charge on any atom is 0.290 e. The lowest BCUT2D eigenvalue weighted by Gasteiger charge is -2.44. The number of carbonyl (C=O) groups excluding carboxylic acids is 2. The highest BCUT2D eigenvalue weighted by Gasteiger charge is 2.46. The van der Waals surface area contributed by atoms with Crippen molar-refractivity contribution in [3.63, 3.8) is 0 Å². The fourth-order valence-electron chi connectivity index (χ4n) is 4.95. The molecule has 0 unspecified atom stereocenters. The number of benzene rings is 1. The van der Waals surface area contributed by atoms with Gasteiger partial charge in [-0.3, -0.25) is 9.59 Å². The first-order chi connectivity index (χ1) is 16.7. The van der Waals surface area contributed by atoms with Gasteiger partial charge in [0.2, 0.25) is 0 Å². The van der Waals surface area contributed by atoms with Gasteiger partial charge < -0.3 is 19.3 Å². The third kappa shape index (κ3) is 4.20. The maximum absolute atomic E-state index is 13.4. The summed E-state index contributed by atoms with van der Waals surface area (Å²) in [5, 5.41) is 10.4. The van der Waals surface area contributed by atoms with Crippen LogP contribution in [0.4, 0.5) is 4.39 Å². The van der Waals surface area contributed by atoms with Gasteiger partial charge in [0.1, 0.15) is 16.9 Å². The van der Waals surface area contributed by atoms with Crippen LogP contribution in [0.3, 0.4) is 0 Å². The van der Waals surface area contributed by atoms with Crippen LogP contribution in [-0.4, -0.2) is 63.0 Å². The fourth-order valence-corrected chi connectivity index (χ4v) is 4.95. The number of amides is 2. The number of nitrogens with zero attached hydrogens (tertiary/aromatic N) is 3. The van der Waals surface area contributed by atoms with Gasteiger partial charge in [-0.1, -0.05) is 13.8 Å². The van der Waals surface area contributed by atoms with Crippen LogP contribution in [0.15, 0.2) is 40.8 Å². The summed E-state index contributed by atoms with van der Waals surface area (Å²) < 4.78 is 19.5. The predicted molar refractivity (Wildman–Crippen MR) is 129 cm³/mol. The van der Waals surface area contributed by atoms with E-state index in [-0.39, 0.29) is 35.4 Å². The molecule has 8 heteroatoms. The van der Waals surface area contributed by atoms with Crippen molar-refractivity contribution in [3.8, 4) is 11.3 Å². The Morgan fingerprint density at radius 1 is 1.17 bits per heavy atom. The zero-order valence-corrected chi connectivity index (χ0v) is 20.3. The first kappa shape index (κ1) is 23.5. The number of hydrogen-bond donors (Lipinski definition) is 1. The van der Waals surface area contributed by atoms with E-state index in [4.69, 9.17) is 9.40 Å². The molecule has 3 aromatic rings. The fraction of sp³-hybridized carbons (Fsp3) is 0.444. The van der Waals surface area contributed by atoms with E-state index >= 15 is 0 Å². The van der Waals surface area contributed by atoms with Crippen LogP contribution in [0.1, 0.15) is 62.1 Å². The van der Waals surface area contributed by atoms with E-state index in [1.54, 1.807) is 28.0 Å². The largest absolute Gasteiger partial charge is 0.449 e. The molecule has 1 atom stereocenters. The lowest BCUT2D eigenvalue weighted by atomic mass is 9.79. The molecule has 1 saturated carbocycles. The van der Waals surface area contributed by atoms with Crippen LogP contribution in [0.2, 0.25) is 0 Å². The summed E-state index contributed by atoms with van der Waals surface area (Å²) in [6, 6.07) is 9.54. The Hall–Kier alpha value is -3.26. The van der Waals surface area contributed by atoms with Crippen LogP contribution < -0.4 is 0 Å². The Kier molecular flexibility index (Phi) is 5.87. The number of furan rings is 1. The molecular formula is C27H30FN3O4. The average Bonchev–Trinajstić information content (AvgIpc) is 3.25. The second-order valence-electron chi connectivity index (χ2n) is 10.1. The van der Waals surface area contributed by atoms with E-state index in [1.807, 2.05) is 26.8 Å². The monoisotopic (exact) mass is 479 g/mol. The zero-order valence-electron chi connectivity index (χ0n) is 20.3. The molecule has 184 valence electrons. The highest BCUT2D eigenvalue weighted by atomic mass is 19.1. The lowest BCUT2D eigenvalue weighted by Crippen LogP contribution is -2.61. The van der Waals surface area contributed by atoms with Crippen LogP contribution in [0, 0.1) is 5.82 Å². The van der Waals surface area contributed by atoms with Gasteiger partial charge in [0.25, 0.3) is 11.8 Å². The Morgan fingerprint density at radius 2 is 1.89 bits per heavy atom. The average molecular weight is 480 g/mol. The molecule has 1 N–H and O–H groups in total. The summed E-state index contributed by atoms with van der Waals surface area (Å²) in [6.07, 6.45) is 1.87. The topological polar surface area (TPSA) is 86.9 Å². The molecule has 2 aliphatic rings. The Labute approximate surface area is 203 Å². The van der Waals surface area contributed by atoms with Crippen molar-refractivity contribution in [1.29, 1.82) is 0 Å². The second-order valence-corrected chi connectivity index (χ2v) is 10.1. The minimum atomic E-state index is -1.23. The summed E-state index contributed by atoms with van der Waals surface area (Å²) in [7, 11) is 0.